The Labute approximate surface area is 114 Å². The zero-order valence-electron chi connectivity index (χ0n) is 12.5. The van der Waals surface area contributed by atoms with Gasteiger partial charge in [-0.2, -0.15) is 0 Å². The number of hydrogen-bond donors (Lipinski definition) is 0. The third kappa shape index (κ3) is 11.9. The quantitative estimate of drug-likeness (QED) is 0.229. The van der Waals surface area contributed by atoms with Crippen molar-refractivity contribution in [3.8, 4) is 0 Å². The fourth-order valence-corrected chi connectivity index (χ4v) is 2.18. The van der Waals surface area contributed by atoms with Gasteiger partial charge < -0.3 is 0 Å². The molecule has 0 aromatic carbocycles. The lowest BCUT2D eigenvalue weighted by Gasteiger charge is -2.01. The van der Waals surface area contributed by atoms with Crippen LogP contribution in [-0.4, -0.2) is 6.29 Å². The summed E-state index contributed by atoms with van der Waals surface area (Å²) in [5, 5.41) is 0. The van der Waals surface area contributed by atoms with Crippen LogP contribution in [0.2, 0.25) is 0 Å². The lowest BCUT2D eigenvalue weighted by Crippen LogP contribution is -1.87. The van der Waals surface area contributed by atoms with Crippen molar-refractivity contribution >= 4 is 6.29 Å². The smallest absolute Gasteiger partial charge is 0.145 e. The summed E-state index contributed by atoms with van der Waals surface area (Å²) in [7, 11) is 0. The van der Waals surface area contributed by atoms with Crippen molar-refractivity contribution in [2.75, 3.05) is 0 Å². The Bertz CT molecular complexity index is 206. The molecular formula is C17H32O. The van der Waals surface area contributed by atoms with Gasteiger partial charge in [0.25, 0.3) is 0 Å². The third-order valence-corrected chi connectivity index (χ3v) is 3.43. The molecule has 0 aliphatic heterocycles. The summed E-state index contributed by atoms with van der Waals surface area (Å²) in [6.45, 7) is 4.47. The molecule has 0 spiro atoms. The van der Waals surface area contributed by atoms with Gasteiger partial charge in [0.2, 0.25) is 0 Å². The Morgan fingerprint density at radius 3 is 1.89 bits per heavy atom. The predicted octanol–water partition coefficient (Wildman–Crippen LogP) is 5.83. The molecule has 0 atom stereocenters. The van der Waals surface area contributed by atoms with Crippen LogP contribution in [-0.2, 0) is 4.79 Å². The van der Waals surface area contributed by atoms with Crippen molar-refractivity contribution in [2.45, 2.75) is 90.9 Å². The van der Waals surface area contributed by atoms with E-state index in [1.54, 1.807) is 0 Å². The fourth-order valence-electron chi connectivity index (χ4n) is 2.18. The maximum Gasteiger partial charge on any atom is 0.145 e. The van der Waals surface area contributed by atoms with Crippen molar-refractivity contribution < 1.29 is 4.79 Å². The van der Waals surface area contributed by atoms with Gasteiger partial charge in [-0.1, -0.05) is 71.3 Å². The van der Waals surface area contributed by atoms with Gasteiger partial charge in [0.1, 0.15) is 6.29 Å². The van der Waals surface area contributed by atoms with Crippen molar-refractivity contribution in [2.24, 2.45) is 0 Å². The van der Waals surface area contributed by atoms with E-state index in [2.05, 4.69) is 19.9 Å². The first-order valence-corrected chi connectivity index (χ1v) is 7.99. The van der Waals surface area contributed by atoms with E-state index in [1.807, 2.05) is 0 Å². The van der Waals surface area contributed by atoms with Crippen LogP contribution in [0.3, 0.4) is 0 Å². The lowest BCUT2D eigenvalue weighted by molar-refractivity contribution is -0.105. The number of allylic oxidation sites excluding steroid dienone is 2. The first-order chi connectivity index (χ1) is 8.85. The zero-order valence-corrected chi connectivity index (χ0v) is 12.5. The normalized spacial score (nSPS) is 11.8. The standard InChI is InChI=1S/C17H32O/c1-3-5-7-9-11-13-15-17(16-18)14-12-10-8-6-4-2/h15-16H,3-14H2,1-2H3/b17-15-. The van der Waals surface area contributed by atoms with Gasteiger partial charge >= 0.3 is 0 Å². The van der Waals surface area contributed by atoms with Crippen molar-refractivity contribution in [3.05, 3.63) is 11.6 Å². The van der Waals surface area contributed by atoms with Crippen LogP contribution in [0.25, 0.3) is 0 Å². The Hall–Kier alpha value is -0.590. The molecule has 0 aliphatic rings. The SMILES string of the molecule is CCCCCCC/C=C(\C=O)CCCCCCC. The van der Waals surface area contributed by atoms with E-state index >= 15 is 0 Å². The molecule has 1 nitrogen and oxygen atoms in total. The summed E-state index contributed by atoms with van der Waals surface area (Å²) in [5.41, 5.74) is 1.03. The molecule has 0 rings (SSSR count). The van der Waals surface area contributed by atoms with Crippen molar-refractivity contribution in [1.29, 1.82) is 0 Å². The molecule has 18 heavy (non-hydrogen) atoms. The van der Waals surface area contributed by atoms with Crippen molar-refractivity contribution in [1.82, 2.24) is 0 Å². The van der Waals surface area contributed by atoms with E-state index in [1.165, 1.54) is 64.2 Å². The second-order valence-electron chi connectivity index (χ2n) is 5.26. The molecule has 106 valence electrons. The number of rotatable bonds is 13. The number of unbranched alkanes of at least 4 members (excludes halogenated alkanes) is 9. The molecule has 0 amide bonds. The fraction of sp³-hybridized carbons (Fsp3) is 0.824. The molecule has 0 heterocycles. The Morgan fingerprint density at radius 2 is 1.33 bits per heavy atom. The second kappa shape index (κ2) is 14.5. The largest absolute Gasteiger partial charge is 0.298 e. The summed E-state index contributed by atoms with van der Waals surface area (Å²) >= 11 is 0. The zero-order chi connectivity index (χ0) is 13.5. The molecule has 0 fully saturated rings. The highest BCUT2D eigenvalue weighted by atomic mass is 16.1. The van der Waals surface area contributed by atoms with Crippen LogP contribution >= 0.6 is 0 Å². The van der Waals surface area contributed by atoms with E-state index < -0.39 is 0 Å². The van der Waals surface area contributed by atoms with Crippen LogP contribution in [0.1, 0.15) is 90.9 Å². The topological polar surface area (TPSA) is 17.1 Å². The predicted molar refractivity (Wildman–Crippen MR) is 80.9 cm³/mol. The van der Waals surface area contributed by atoms with Gasteiger partial charge in [0.05, 0.1) is 0 Å². The van der Waals surface area contributed by atoms with E-state index in [0.29, 0.717) is 0 Å². The molecule has 0 saturated heterocycles. The molecule has 0 aliphatic carbocycles. The van der Waals surface area contributed by atoms with E-state index in [9.17, 15) is 4.79 Å². The Morgan fingerprint density at radius 1 is 0.778 bits per heavy atom. The van der Waals surface area contributed by atoms with E-state index in [4.69, 9.17) is 0 Å². The molecular weight excluding hydrogens is 220 g/mol. The van der Waals surface area contributed by atoms with Crippen LogP contribution < -0.4 is 0 Å². The summed E-state index contributed by atoms with van der Waals surface area (Å²) in [6, 6.07) is 0. The number of aldehydes is 1. The molecule has 0 N–H and O–H groups in total. The third-order valence-electron chi connectivity index (χ3n) is 3.43. The first-order valence-electron chi connectivity index (χ1n) is 7.99. The number of carbonyl (C=O) groups excluding carboxylic acids is 1. The second-order valence-corrected chi connectivity index (χ2v) is 5.26. The van der Waals surface area contributed by atoms with Crippen LogP contribution in [0.4, 0.5) is 0 Å². The Kier molecular flexibility index (Phi) is 14.0. The molecule has 1 heteroatoms. The summed E-state index contributed by atoms with van der Waals surface area (Å²) in [5.74, 6) is 0. The summed E-state index contributed by atoms with van der Waals surface area (Å²) in [4.78, 5) is 10.9. The Balaban J connectivity index is 3.51. The average molecular weight is 252 g/mol. The highest BCUT2D eigenvalue weighted by Gasteiger charge is 1.96. The average Bonchev–Trinajstić information content (AvgIpc) is 2.40. The maximum absolute atomic E-state index is 10.9. The molecule has 0 aromatic heterocycles. The van der Waals surface area contributed by atoms with Gasteiger partial charge in [-0.15, -0.1) is 0 Å². The van der Waals surface area contributed by atoms with Crippen LogP contribution in [0, 0.1) is 0 Å². The molecule has 0 saturated carbocycles. The van der Waals surface area contributed by atoms with E-state index in [-0.39, 0.29) is 0 Å². The lowest BCUT2D eigenvalue weighted by atomic mass is 10.0. The minimum absolute atomic E-state index is 0.988. The van der Waals surface area contributed by atoms with Crippen LogP contribution in [0.5, 0.6) is 0 Å². The summed E-state index contributed by atoms with van der Waals surface area (Å²) in [6.07, 6.45) is 18.2. The molecule has 0 unspecified atom stereocenters. The van der Waals surface area contributed by atoms with Crippen molar-refractivity contribution in [3.63, 3.8) is 0 Å². The highest BCUT2D eigenvalue weighted by Crippen LogP contribution is 2.12. The van der Waals surface area contributed by atoms with Crippen LogP contribution in [0.15, 0.2) is 11.6 Å². The van der Waals surface area contributed by atoms with Gasteiger partial charge in [0, 0.05) is 0 Å². The minimum Gasteiger partial charge on any atom is -0.298 e. The molecule has 0 aromatic rings. The number of hydrogen-bond acceptors (Lipinski definition) is 1. The van der Waals surface area contributed by atoms with Gasteiger partial charge in [-0.05, 0) is 31.3 Å². The molecule has 0 bridgehead atoms. The van der Waals surface area contributed by atoms with Gasteiger partial charge in [-0.3, -0.25) is 4.79 Å². The monoisotopic (exact) mass is 252 g/mol. The molecule has 0 radical (unpaired) electrons. The summed E-state index contributed by atoms with van der Waals surface area (Å²) < 4.78 is 0. The number of carbonyl (C=O) groups is 1. The highest BCUT2D eigenvalue weighted by molar-refractivity contribution is 5.72. The maximum atomic E-state index is 10.9. The van der Waals surface area contributed by atoms with Gasteiger partial charge in [0.15, 0.2) is 0 Å². The van der Waals surface area contributed by atoms with E-state index in [0.717, 1.165) is 24.7 Å². The first kappa shape index (κ1) is 17.4. The minimum atomic E-state index is 0.988. The van der Waals surface area contributed by atoms with Gasteiger partial charge in [-0.25, -0.2) is 0 Å².